The van der Waals surface area contributed by atoms with Gasteiger partial charge in [0.25, 0.3) is 0 Å². The van der Waals surface area contributed by atoms with Crippen LogP contribution in [0.4, 0.5) is 4.79 Å². The van der Waals surface area contributed by atoms with Crippen molar-refractivity contribution in [2.24, 2.45) is 11.7 Å². The maximum Gasteiger partial charge on any atom is 1.00 e. The number of carbonyl (C=O) groups excluding carboxylic acids is 3. The van der Waals surface area contributed by atoms with E-state index in [1.54, 1.807) is 4.90 Å². The Bertz CT molecular complexity index is 671. The van der Waals surface area contributed by atoms with Crippen molar-refractivity contribution in [2.75, 3.05) is 26.8 Å². The fourth-order valence-corrected chi connectivity index (χ4v) is 3.82. The summed E-state index contributed by atoms with van der Waals surface area (Å²) in [7, 11) is 1.27. The van der Waals surface area contributed by atoms with Crippen molar-refractivity contribution in [1.82, 2.24) is 9.80 Å². The molecule has 3 rings (SSSR count). The minimum Gasteiger partial charge on any atom is -1.00 e. The number of likely N-dealkylation sites (tertiary alicyclic amines) is 1. The normalized spacial score (nSPS) is 27.2. The van der Waals surface area contributed by atoms with E-state index in [4.69, 9.17) is 10.5 Å². The molecule has 0 radical (unpaired) electrons. The standard InChI is InChI=1S/C14H17N3O7.Na.H/c1-23-8(18)4-16-3-6-2-7(5-24-14(15)22)10(13(20)21)17-9(6)11(16)12(17)19;;/h6,9,11H,2-5H2,1H3,(H2,15,22)(H,20,21);;/q;+1;-1/t6-,9-,11+;;/m1../s1. The number of carbonyl (C=O) groups is 4. The van der Waals surface area contributed by atoms with Gasteiger partial charge < -0.3 is 21.7 Å². The Morgan fingerprint density at radius 1 is 1.40 bits per heavy atom. The number of carboxylic acids is 1. The van der Waals surface area contributed by atoms with Gasteiger partial charge in [-0.3, -0.25) is 19.4 Å². The number of hydrogen-bond acceptors (Lipinski definition) is 7. The number of nitrogens with two attached hydrogens (primary N) is 1. The topological polar surface area (TPSA) is 139 Å². The number of β-lactam (4-membered cyclic amide) rings is 1. The van der Waals surface area contributed by atoms with E-state index in [9.17, 15) is 24.3 Å². The van der Waals surface area contributed by atoms with Gasteiger partial charge in [-0.25, -0.2) is 9.59 Å². The first kappa shape index (κ1) is 19.7. The third-order valence-corrected chi connectivity index (χ3v) is 4.69. The zero-order chi connectivity index (χ0) is 17.6. The number of carboxylic acid groups (broad SMARTS) is 1. The molecule has 3 heterocycles. The molecule has 2 saturated heterocycles. The van der Waals surface area contributed by atoms with E-state index in [2.05, 4.69) is 4.74 Å². The van der Waals surface area contributed by atoms with E-state index in [-0.39, 0.29) is 67.7 Å². The maximum atomic E-state index is 12.4. The predicted octanol–water partition coefficient (Wildman–Crippen LogP) is -4.38. The molecule has 132 valence electrons. The number of primary amides is 1. The van der Waals surface area contributed by atoms with E-state index < -0.39 is 24.1 Å². The second-order valence-electron chi connectivity index (χ2n) is 5.98. The number of methoxy groups -OCH3 is 1. The largest absolute Gasteiger partial charge is 1.00 e. The van der Waals surface area contributed by atoms with E-state index >= 15 is 0 Å². The molecule has 3 aliphatic heterocycles. The molecule has 0 spiro atoms. The summed E-state index contributed by atoms with van der Waals surface area (Å²) >= 11 is 0. The second kappa shape index (κ2) is 7.32. The fourth-order valence-electron chi connectivity index (χ4n) is 3.82. The number of hydrogen-bond donors (Lipinski definition) is 2. The van der Waals surface area contributed by atoms with Gasteiger partial charge in [0.15, 0.2) is 0 Å². The summed E-state index contributed by atoms with van der Waals surface area (Å²) in [6, 6.07) is -0.798. The summed E-state index contributed by atoms with van der Waals surface area (Å²) in [5.74, 6) is -2.12. The third-order valence-electron chi connectivity index (χ3n) is 4.69. The number of nitrogens with zero attached hydrogens (tertiary/aromatic N) is 2. The molecule has 2 fully saturated rings. The van der Waals surface area contributed by atoms with Gasteiger partial charge in [-0.1, -0.05) is 0 Å². The molecular formula is C14H18N3NaO7. The zero-order valence-electron chi connectivity index (χ0n) is 14.9. The van der Waals surface area contributed by atoms with Gasteiger partial charge in [0.1, 0.15) is 18.3 Å². The Hall–Kier alpha value is -1.62. The summed E-state index contributed by atoms with van der Waals surface area (Å²) in [6.07, 6.45) is -0.654. The quantitative estimate of drug-likeness (QED) is 0.284. The Kier molecular flexibility index (Phi) is 5.77. The first-order valence-electron chi connectivity index (χ1n) is 7.36. The smallest absolute Gasteiger partial charge is 1.00 e. The molecule has 0 unspecified atom stereocenters. The van der Waals surface area contributed by atoms with Crippen molar-refractivity contribution in [3.05, 3.63) is 11.3 Å². The van der Waals surface area contributed by atoms with Crippen LogP contribution in [0.5, 0.6) is 0 Å². The number of rotatable bonds is 5. The number of ether oxygens (including phenoxy) is 2. The molecule has 2 amide bonds. The van der Waals surface area contributed by atoms with Gasteiger partial charge in [0, 0.05) is 6.54 Å². The molecule has 10 nitrogen and oxygen atoms in total. The van der Waals surface area contributed by atoms with E-state index in [0.717, 1.165) is 0 Å². The van der Waals surface area contributed by atoms with Crippen molar-refractivity contribution >= 4 is 23.9 Å². The molecule has 3 aliphatic rings. The Labute approximate surface area is 166 Å². The van der Waals surface area contributed by atoms with Gasteiger partial charge in [0.05, 0.1) is 19.7 Å². The van der Waals surface area contributed by atoms with Crippen molar-refractivity contribution in [3.8, 4) is 0 Å². The molecule has 3 atom stereocenters. The monoisotopic (exact) mass is 363 g/mol. The van der Waals surface area contributed by atoms with Crippen molar-refractivity contribution in [2.45, 2.75) is 18.5 Å². The van der Waals surface area contributed by atoms with Gasteiger partial charge in [-0.2, -0.15) is 0 Å². The average Bonchev–Trinajstić information content (AvgIpc) is 2.85. The molecule has 11 heteroatoms. The number of esters is 1. The van der Waals surface area contributed by atoms with E-state index in [1.165, 1.54) is 12.0 Å². The molecule has 25 heavy (non-hydrogen) atoms. The van der Waals surface area contributed by atoms with Crippen LogP contribution in [-0.2, 0) is 23.9 Å². The number of aliphatic carboxylic acids is 1. The Morgan fingerprint density at radius 3 is 2.64 bits per heavy atom. The van der Waals surface area contributed by atoms with Gasteiger partial charge in [0.2, 0.25) is 5.91 Å². The summed E-state index contributed by atoms with van der Waals surface area (Å²) in [4.78, 5) is 49.2. The minimum atomic E-state index is -1.25. The van der Waals surface area contributed by atoms with Gasteiger partial charge in [-0.05, 0) is 17.9 Å². The van der Waals surface area contributed by atoms with Crippen LogP contribution in [0.1, 0.15) is 7.85 Å². The van der Waals surface area contributed by atoms with Crippen LogP contribution in [0, 0.1) is 5.92 Å². The van der Waals surface area contributed by atoms with Crippen LogP contribution in [0.3, 0.4) is 0 Å². The molecular weight excluding hydrogens is 345 g/mol. The van der Waals surface area contributed by atoms with Gasteiger partial charge >= 0.3 is 47.6 Å². The second-order valence-corrected chi connectivity index (χ2v) is 5.98. The molecule has 0 aromatic carbocycles. The third kappa shape index (κ3) is 3.26. The average molecular weight is 363 g/mol. The maximum absolute atomic E-state index is 12.4. The summed E-state index contributed by atoms with van der Waals surface area (Å²) in [5, 5.41) is 9.44. The molecule has 0 aromatic heterocycles. The number of amides is 2. The van der Waals surface area contributed by atoms with Crippen molar-refractivity contribution < 1.29 is 64.7 Å². The van der Waals surface area contributed by atoms with E-state index in [0.29, 0.717) is 18.5 Å². The Morgan fingerprint density at radius 2 is 2.08 bits per heavy atom. The van der Waals surface area contributed by atoms with Crippen LogP contribution in [0.15, 0.2) is 11.3 Å². The van der Waals surface area contributed by atoms with Crippen molar-refractivity contribution in [3.63, 3.8) is 0 Å². The zero-order valence-corrected chi connectivity index (χ0v) is 15.9. The van der Waals surface area contributed by atoms with Crippen LogP contribution < -0.4 is 35.3 Å². The first-order chi connectivity index (χ1) is 11.3. The van der Waals surface area contributed by atoms with E-state index in [1.807, 2.05) is 0 Å². The van der Waals surface area contributed by atoms with Crippen LogP contribution in [0.2, 0.25) is 0 Å². The van der Waals surface area contributed by atoms with Gasteiger partial charge in [-0.15, -0.1) is 0 Å². The SMILES string of the molecule is COC(=O)CN1C[C@H]2CC(COC(N)=O)=C(C(=O)O)N3C(=O)[C@@H]1[C@@H]23.[H-].[Na+]. The van der Waals surface area contributed by atoms with Crippen LogP contribution >= 0.6 is 0 Å². The van der Waals surface area contributed by atoms with Crippen LogP contribution in [-0.4, -0.2) is 77.7 Å². The molecule has 0 aliphatic carbocycles. The molecule has 0 saturated carbocycles. The predicted molar refractivity (Wildman–Crippen MR) is 77.4 cm³/mol. The van der Waals surface area contributed by atoms with Crippen molar-refractivity contribution in [1.29, 1.82) is 0 Å². The molecule has 0 aromatic rings. The molecule has 3 N–H and O–H groups in total. The summed E-state index contributed by atoms with van der Waals surface area (Å²) in [6.45, 7) is 0.161. The summed E-state index contributed by atoms with van der Waals surface area (Å²) in [5.41, 5.74) is 5.12. The molecule has 0 bridgehead atoms. The first-order valence-corrected chi connectivity index (χ1v) is 7.36. The minimum absolute atomic E-state index is 0. The fraction of sp³-hybridized carbons (Fsp3) is 0.571. The summed E-state index contributed by atoms with van der Waals surface area (Å²) < 4.78 is 9.34. The Balaban J connectivity index is 0.00000169. The van der Waals surface area contributed by atoms with Crippen LogP contribution in [0.25, 0.3) is 0 Å².